The maximum Gasteiger partial charge on any atom is 0.330 e. The van der Waals surface area contributed by atoms with Gasteiger partial charge in [-0.2, -0.15) is 0 Å². The third kappa shape index (κ3) is 5.84. The fourth-order valence-corrected chi connectivity index (χ4v) is 4.68. The summed E-state index contributed by atoms with van der Waals surface area (Å²) in [6, 6.07) is 26.1. The molecule has 0 bridgehead atoms. The average molecular weight is 514 g/mol. The van der Waals surface area contributed by atoms with Gasteiger partial charge in [-0.15, -0.1) is 0 Å². The van der Waals surface area contributed by atoms with Gasteiger partial charge < -0.3 is 9.30 Å². The van der Waals surface area contributed by atoms with Gasteiger partial charge in [-0.05, 0) is 59.8 Å². The molecule has 37 heavy (non-hydrogen) atoms. The number of fused-ring (bicyclic) bond motifs is 1. The van der Waals surface area contributed by atoms with Crippen molar-refractivity contribution in [3.63, 3.8) is 0 Å². The molecule has 0 radical (unpaired) electrons. The number of imidazole rings is 1. The van der Waals surface area contributed by atoms with E-state index in [1.165, 1.54) is 4.57 Å². The van der Waals surface area contributed by atoms with E-state index in [1.54, 1.807) is 22.8 Å². The molecule has 0 amide bonds. The smallest absolute Gasteiger partial charge is 0.330 e. The molecule has 0 aliphatic carbocycles. The zero-order valence-corrected chi connectivity index (χ0v) is 21.2. The second kappa shape index (κ2) is 11.3. The molecule has 5 aromatic rings. The molecule has 2 aromatic heterocycles. The van der Waals surface area contributed by atoms with Crippen molar-refractivity contribution in [3.8, 4) is 5.75 Å². The summed E-state index contributed by atoms with van der Waals surface area (Å²) in [6.07, 6.45) is 1.59. The first kappa shape index (κ1) is 24.6. The standard InChI is InChI=1S/C28H27N5O3S/c1-2-32-19-29-26-25(32)27(34)31-28(35)33(26)17-21-10-8-20(9-11-21)16-30-37-24-14-12-23(13-15-24)36-18-22-6-4-3-5-7-22/h3-15,19,30H,2,16-18H2,1H3,(H,31,34,35). The Bertz CT molecular complexity index is 1590. The number of hydrogen-bond acceptors (Lipinski definition) is 6. The molecule has 2 heterocycles. The van der Waals surface area contributed by atoms with Crippen LogP contribution in [0.1, 0.15) is 23.6 Å². The van der Waals surface area contributed by atoms with Crippen LogP contribution in [-0.4, -0.2) is 19.1 Å². The van der Waals surface area contributed by atoms with Crippen molar-refractivity contribution in [2.45, 2.75) is 38.1 Å². The average Bonchev–Trinajstić information content (AvgIpc) is 3.37. The minimum atomic E-state index is -0.461. The Balaban J connectivity index is 1.15. The number of aromatic amines is 1. The van der Waals surface area contributed by atoms with Crippen molar-refractivity contribution in [3.05, 3.63) is 123 Å². The number of rotatable bonds is 10. The Morgan fingerprint density at radius 2 is 1.65 bits per heavy atom. The number of ether oxygens (including phenoxy) is 1. The molecule has 0 unspecified atom stereocenters. The van der Waals surface area contributed by atoms with Crippen LogP contribution in [0.3, 0.4) is 0 Å². The van der Waals surface area contributed by atoms with Crippen LogP contribution >= 0.6 is 11.9 Å². The van der Waals surface area contributed by atoms with Gasteiger partial charge in [0.2, 0.25) is 0 Å². The Morgan fingerprint density at radius 1 is 0.919 bits per heavy atom. The van der Waals surface area contributed by atoms with Gasteiger partial charge in [-0.3, -0.25) is 19.1 Å². The van der Waals surface area contributed by atoms with E-state index >= 15 is 0 Å². The Labute approximate surface area is 218 Å². The Kier molecular flexibility index (Phi) is 7.53. The maximum atomic E-state index is 12.5. The fraction of sp³-hybridized carbons (Fsp3) is 0.179. The van der Waals surface area contributed by atoms with Gasteiger partial charge in [-0.25, -0.2) is 9.78 Å². The summed E-state index contributed by atoms with van der Waals surface area (Å²) in [5.41, 5.74) is 3.14. The number of aromatic nitrogens is 4. The monoisotopic (exact) mass is 513 g/mol. The van der Waals surface area contributed by atoms with E-state index in [1.807, 2.05) is 85.8 Å². The predicted molar refractivity (Wildman–Crippen MR) is 146 cm³/mol. The molecule has 0 atom stereocenters. The van der Waals surface area contributed by atoms with Crippen molar-refractivity contribution < 1.29 is 4.74 Å². The van der Waals surface area contributed by atoms with Crippen molar-refractivity contribution in [1.82, 2.24) is 23.8 Å². The molecule has 5 rings (SSSR count). The number of aryl methyl sites for hydroxylation is 1. The Hall–Kier alpha value is -4.08. The lowest BCUT2D eigenvalue weighted by molar-refractivity contribution is 0.306. The highest BCUT2D eigenvalue weighted by Gasteiger charge is 2.13. The van der Waals surface area contributed by atoms with E-state index in [0.29, 0.717) is 37.4 Å². The predicted octanol–water partition coefficient (Wildman–Crippen LogP) is 4.33. The van der Waals surface area contributed by atoms with Crippen LogP contribution in [0.25, 0.3) is 11.2 Å². The summed E-state index contributed by atoms with van der Waals surface area (Å²) in [4.78, 5) is 32.5. The van der Waals surface area contributed by atoms with E-state index in [0.717, 1.165) is 27.3 Å². The lowest BCUT2D eigenvalue weighted by atomic mass is 10.1. The van der Waals surface area contributed by atoms with E-state index in [2.05, 4.69) is 14.7 Å². The molecule has 0 saturated heterocycles. The van der Waals surface area contributed by atoms with Gasteiger partial charge in [-0.1, -0.05) is 54.6 Å². The number of nitrogens with one attached hydrogen (secondary N) is 2. The third-order valence-electron chi connectivity index (χ3n) is 6.00. The second-order valence-electron chi connectivity index (χ2n) is 8.53. The van der Waals surface area contributed by atoms with E-state index < -0.39 is 11.2 Å². The number of hydrogen-bond donors (Lipinski definition) is 2. The van der Waals surface area contributed by atoms with E-state index in [-0.39, 0.29) is 0 Å². The van der Waals surface area contributed by atoms with Gasteiger partial charge in [0.25, 0.3) is 5.56 Å². The van der Waals surface area contributed by atoms with Crippen LogP contribution in [0, 0.1) is 0 Å². The quantitative estimate of drug-likeness (QED) is 0.270. The van der Waals surface area contributed by atoms with Crippen LogP contribution in [0.5, 0.6) is 5.75 Å². The second-order valence-corrected chi connectivity index (χ2v) is 9.50. The molecule has 9 heteroatoms. The van der Waals surface area contributed by atoms with Crippen molar-refractivity contribution >= 4 is 23.1 Å². The summed E-state index contributed by atoms with van der Waals surface area (Å²) >= 11 is 1.56. The van der Waals surface area contributed by atoms with Crippen molar-refractivity contribution in [1.29, 1.82) is 0 Å². The molecule has 8 nitrogen and oxygen atoms in total. The zero-order chi connectivity index (χ0) is 25.6. The van der Waals surface area contributed by atoms with E-state index in [4.69, 9.17) is 4.74 Å². The first-order valence-electron chi connectivity index (χ1n) is 12.0. The van der Waals surface area contributed by atoms with Crippen LogP contribution in [0.2, 0.25) is 0 Å². The van der Waals surface area contributed by atoms with Crippen molar-refractivity contribution in [2.75, 3.05) is 0 Å². The summed E-state index contributed by atoms with van der Waals surface area (Å²) < 4.78 is 12.5. The van der Waals surface area contributed by atoms with Crippen LogP contribution in [0.15, 0.2) is 99.7 Å². The number of H-pyrrole nitrogens is 1. The largest absolute Gasteiger partial charge is 0.489 e. The van der Waals surface area contributed by atoms with Crippen LogP contribution < -0.4 is 20.7 Å². The molecular formula is C28H27N5O3S. The zero-order valence-electron chi connectivity index (χ0n) is 20.4. The first-order chi connectivity index (χ1) is 18.1. The van der Waals surface area contributed by atoms with Crippen LogP contribution in [-0.2, 0) is 26.2 Å². The molecular weight excluding hydrogens is 486 g/mol. The lowest BCUT2D eigenvalue weighted by Crippen LogP contribution is -2.31. The molecule has 188 valence electrons. The topological polar surface area (TPSA) is 93.9 Å². The molecule has 2 N–H and O–H groups in total. The molecule has 0 aliphatic rings. The van der Waals surface area contributed by atoms with Crippen LogP contribution in [0.4, 0.5) is 0 Å². The summed E-state index contributed by atoms with van der Waals surface area (Å²) in [5.74, 6) is 0.837. The minimum absolute atomic E-state index is 0.327. The fourth-order valence-electron chi connectivity index (χ4n) is 4.00. The highest BCUT2D eigenvalue weighted by Crippen LogP contribution is 2.21. The molecule has 0 aliphatic heterocycles. The minimum Gasteiger partial charge on any atom is -0.489 e. The number of benzene rings is 3. The molecule has 0 saturated carbocycles. The van der Waals surface area contributed by atoms with E-state index in [9.17, 15) is 9.59 Å². The summed E-state index contributed by atoms with van der Waals surface area (Å²) in [7, 11) is 0. The summed E-state index contributed by atoms with van der Waals surface area (Å²) in [6.45, 7) is 4.08. The Morgan fingerprint density at radius 3 is 2.38 bits per heavy atom. The molecule has 0 fully saturated rings. The van der Waals surface area contributed by atoms with Gasteiger partial charge >= 0.3 is 5.69 Å². The third-order valence-corrected chi connectivity index (χ3v) is 6.79. The van der Waals surface area contributed by atoms with Gasteiger partial charge in [0.05, 0.1) is 12.9 Å². The number of nitrogens with zero attached hydrogens (tertiary/aromatic N) is 3. The highest BCUT2D eigenvalue weighted by molar-refractivity contribution is 7.97. The lowest BCUT2D eigenvalue weighted by Gasteiger charge is -2.09. The van der Waals surface area contributed by atoms with Gasteiger partial charge in [0, 0.05) is 18.0 Å². The molecule has 0 spiro atoms. The molecule has 3 aromatic carbocycles. The van der Waals surface area contributed by atoms with Gasteiger partial charge in [0.1, 0.15) is 12.4 Å². The SMILES string of the molecule is CCn1cnc2c1c(=O)[nH]c(=O)n2Cc1ccc(CNSc2ccc(OCc3ccccc3)cc2)cc1. The normalized spacial score (nSPS) is 11.2. The van der Waals surface area contributed by atoms with Gasteiger partial charge in [0.15, 0.2) is 11.2 Å². The van der Waals surface area contributed by atoms with Crippen molar-refractivity contribution in [2.24, 2.45) is 0 Å². The maximum absolute atomic E-state index is 12.5. The summed E-state index contributed by atoms with van der Waals surface area (Å²) in [5, 5.41) is 0. The first-order valence-corrected chi connectivity index (χ1v) is 12.8. The highest BCUT2D eigenvalue weighted by atomic mass is 32.2.